The summed E-state index contributed by atoms with van der Waals surface area (Å²) in [7, 11) is 0. The van der Waals surface area contributed by atoms with E-state index < -0.39 is 4.92 Å². The first-order valence-corrected chi connectivity index (χ1v) is 3.13. The molecule has 0 saturated heterocycles. The Hall–Kier alpha value is -1.91. The maximum Gasteiger partial charge on any atom is 0.243 e. The molecule has 0 amide bonds. The highest BCUT2D eigenvalue weighted by Crippen LogP contribution is 2.00. The normalized spacial score (nSPS) is 10.3. The summed E-state index contributed by atoms with van der Waals surface area (Å²) in [6, 6.07) is 3.15. The number of nitro groups is 1. The zero-order valence-corrected chi connectivity index (χ0v) is 6.10. The number of hydrogen-bond acceptors (Lipinski definition) is 4. The van der Waals surface area contributed by atoms with E-state index in [9.17, 15) is 10.1 Å². The Morgan fingerprint density at radius 2 is 2.42 bits per heavy atom. The third-order valence-corrected chi connectivity index (χ3v) is 1.12. The zero-order chi connectivity index (χ0) is 8.97. The molecule has 1 rings (SSSR count). The van der Waals surface area contributed by atoms with Gasteiger partial charge in [-0.1, -0.05) is 0 Å². The van der Waals surface area contributed by atoms with Crippen LogP contribution in [0.3, 0.4) is 0 Å². The molecule has 1 aromatic heterocycles. The van der Waals surface area contributed by atoms with Gasteiger partial charge in [0.2, 0.25) is 6.20 Å². The summed E-state index contributed by atoms with van der Waals surface area (Å²) in [6.07, 6.45) is 4.57. The van der Waals surface area contributed by atoms with Crippen LogP contribution in [0.15, 0.2) is 24.5 Å². The van der Waals surface area contributed by atoms with Crippen LogP contribution in [0.4, 0.5) is 5.82 Å². The van der Waals surface area contributed by atoms with Crippen LogP contribution in [-0.4, -0.2) is 9.91 Å². The first kappa shape index (κ1) is 8.19. The molecule has 12 heavy (non-hydrogen) atoms. The molecule has 0 atom stereocenters. The summed E-state index contributed by atoms with van der Waals surface area (Å²) in [5.74, 6) is 0.377. The highest BCUT2D eigenvalue weighted by Gasteiger charge is 1.91. The number of hydrogen-bond donors (Lipinski definition) is 1. The van der Waals surface area contributed by atoms with Crippen molar-refractivity contribution in [2.24, 2.45) is 0 Å². The molecule has 0 aromatic carbocycles. The third kappa shape index (κ3) is 2.37. The van der Waals surface area contributed by atoms with Gasteiger partial charge in [-0.05, 0) is 12.1 Å². The Kier molecular flexibility index (Phi) is 2.37. The van der Waals surface area contributed by atoms with Crippen molar-refractivity contribution in [3.63, 3.8) is 0 Å². The van der Waals surface area contributed by atoms with E-state index in [1.165, 1.54) is 6.20 Å². The molecule has 5 nitrogen and oxygen atoms in total. The minimum Gasteiger partial charge on any atom is -0.384 e. The van der Waals surface area contributed by atoms with Crippen molar-refractivity contribution in [2.75, 3.05) is 5.73 Å². The molecule has 0 bridgehead atoms. The molecule has 1 heterocycles. The molecular weight excluding hydrogens is 158 g/mol. The SMILES string of the molecule is Nc1ccc(/[C]=C/[N+](=O)[O-])cn1. The monoisotopic (exact) mass is 164 g/mol. The fourth-order valence-electron chi connectivity index (χ4n) is 0.618. The van der Waals surface area contributed by atoms with E-state index in [1.807, 2.05) is 0 Å². The van der Waals surface area contributed by atoms with E-state index in [0.717, 1.165) is 6.20 Å². The molecule has 0 aliphatic rings. The molecule has 2 N–H and O–H groups in total. The summed E-state index contributed by atoms with van der Waals surface area (Å²) in [4.78, 5) is 13.0. The van der Waals surface area contributed by atoms with Gasteiger partial charge in [0.15, 0.2) is 0 Å². The fourth-order valence-corrected chi connectivity index (χ4v) is 0.618. The second kappa shape index (κ2) is 3.47. The smallest absolute Gasteiger partial charge is 0.243 e. The van der Waals surface area contributed by atoms with Crippen molar-refractivity contribution >= 4 is 5.82 Å². The highest BCUT2D eigenvalue weighted by atomic mass is 16.6. The molecule has 5 heteroatoms. The molecular formula is C7H6N3O2. The lowest BCUT2D eigenvalue weighted by atomic mass is 10.3. The first-order chi connectivity index (χ1) is 5.68. The van der Waals surface area contributed by atoms with E-state index >= 15 is 0 Å². The van der Waals surface area contributed by atoms with Crippen LogP contribution < -0.4 is 5.73 Å². The Balaban J connectivity index is 2.77. The van der Waals surface area contributed by atoms with Crippen molar-refractivity contribution in [1.29, 1.82) is 0 Å². The molecule has 0 aliphatic heterocycles. The van der Waals surface area contributed by atoms with E-state index in [2.05, 4.69) is 11.1 Å². The second-order valence-electron chi connectivity index (χ2n) is 2.03. The molecule has 0 aliphatic carbocycles. The summed E-state index contributed by atoms with van der Waals surface area (Å²) in [5.41, 5.74) is 5.83. The van der Waals surface area contributed by atoms with Gasteiger partial charge in [0.05, 0.1) is 11.0 Å². The minimum absolute atomic E-state index is 0.377. The number of nitrogens with zero attached hydrogens (tertiary/aromatic N) is 2. The summed E-state index contributed by atoms with van der Waals surface area (Å²) in [6.45, 7) is 0. The maximum absolute atomic E-state index is 9.88. The predicted molar refractivity (Wildman–Crippen MR) is 42.6 cm³/mol. The number of rotatable bonds is 2. The summed E-state index contributed by atoms with van der Waals surface area (Å²) in [5, 5.41) is 9.88. The van der Waals surface area contributed by atoms with Gasteiger partial charge in [0, 0.05) is 11.8 Å². The van der Waals surface area contributed by atoms with E-state index in [0.29, 0.717) is 11.4 Å². The van der Waals surface area contributed by atoms with Gasteiger partial charge in [-0.2, -0.15) is 0 Å². The molecule has 1 radical (unpaired) electrons. The molecule has 0 spiro atoms. The Labute approximate surface area is 68.7 Å². The largest absolute Gasteiger partial charge is 0.384 e. The fraction of sp³-hybridized carbons (Fsp3) is 0. The van der Waals surface area contributed by atoms with Gasteiger partial charge < -0.3 is 5.73 Å². The predicted octanol–water partition coefficient (Wildman–Crippen LogP) is 0.605. The molecule has 0 unspecified atom stereocenters. The van der Waals surface area contributed by atoms with Crippen molar-refractivity contribution in [2.45, 2.75) is 0 Å². The van der Waals surface area contributed by atoms with Gasteiger partial charge in [-0.25, -0.2) is 4.98 Å². The second-order valence-corrected chi connectivity index (χ2v) is 2.03. The average molecular weight is 164 g/mol. The molecule has 0 saturated carbocycles. The van der Waals surface area contributed by atoms with Crippen LogP contribution in [0.1, 0.15) is 5.56 Å². The van der Waals surface area contributed by atoms with E-state index in [-0.39, 0.29) is 0 Å². The van der Waals surface area contributed by atoms with Gasteiger partial charge in [-0.15, -0.1) is 0 Å². The van der Waals surface area contributed by atoms with Crippen LogP contribution in [0.5, 0.6) is 0 Å². The van der Waals surface area contributed by atoms with Crippen LogP contribution in [0.25, 0.3) is 0 Å². The Bertz CT molecular complexity index is 305. The zero-order valence-electron chi connectivity index (χ0n) is 6.10. The van der Waals surface area contributed by atoms with Crippen molar-refractivity contribution in [3.8, 4) is 0 Å². The van der Waals surface area contributed by atoms with Crippen LogP contribution in [-0.2, 0) is 0 Å². The summed E-state index contributed by atoms with van der Waals surface area (Å²) < 4.78 is 0. The molecule has 0 fully saturated rings. The number of nitrogen functional groups attached to an aromatic ring is 1. The number of nitrogens with two attached hydrogens (primary N) is 1. The average Bonchev–Trinajstić information content (AvgIpc) is 2.03. The Morgan fingerprint density at radius 3 is 2.92 bits per heavy atom. The van der Waals surface area contributed by atoms with Crippen LogP contribution in [0, 0.1) is 16.2 Å². The van der Waals surface area contributed by atoms with Gasteiger partial charge in [-0.3, -0.25) is 10.1 Å². The molecule has 61 valence electrons. The lowest BCUT2D eigenvalue weighted by molar-refractivity contribution is -0.403. The highest BCUT2D eigenvalue weighted by molar-refractivity contribution is 5.31. The minimum atomic E-state index is -0.587. The lowest BCUT2D eigenvalue weighted by Crippen LogP contribution is -1.89. The van der Waals surface area contributed by atoms with E-state index in [4.69, 9.17) is 5.73 Å². The van der Waals surface area contributed by atoms with Gasteiger partial charge in [0.25, 0.3) is 0 Å². The van der Waals surface area contributed by atoms with E-state index in [1.54, 1.807) is 12.1 Å². The number of anilines is 1. The standard InChI is InChI=1S/C7H6N3O2/c8-7-2-1-6(5-9-7)3-4-10(11)12/h1-2,4-5H,(H2,8,9). The first-order valence-electron chi connectivity index (χ1n) is 3.13. The van der Waals surface area contributed by atoms with Gasteiger partial charge >= 0.3 is 0 Å². The van der Waals surface area contributed by atoms with Gasteiger partial charge in [0.1, 0.15) is 5.82 Å². The lowest BCUT2D eigenvalue weighted by Gasteiger charge is -1.90. The number of pyridine rings is 1. The van der Waals surface area contributed by atoms with Crippen LogP contribution >= 0.6 is 0 Å². The Morgan fingerprint density at radius 1 is 1.67 bits per heavy atom. The van der Waals surface area contributed by atoms with Crippen LogP contribution in [0.2, 0.25) is 0 Å². The maximum atomic E-state index is 9.88. The number of aromatic nitrogens is 1. The molecule has 1 aromatic rings. The van der Waals surface area contributed by atoms with Crippen molar-refractivity contribution in [1.82, 2.24) is 4.98 Å². The van der Waals surface area contributed by atoms with Crippen molar-refractivity contribution in [3.05, 3.63) is 46.3 Å². The quantitative estimate of drug-likeness (QED) is 0.512. The summed E-state index contributed by atoms with van der Waals surface area (Å²) >= 11 is 0. The third-order valence-electron chi connectivity index (χ3n) is 1.12. The topological polar surface area (TPSA) is 82.0 Å². The van der Waals surface area contributed by atoms with Crippen molar-refractivity contribution < 1.29 is 4.92 Å².